The predicted molar refractivity (Wildman–Crippen MR) is 114 cm³/mol. The second kappa shape index (κ2) is 6.95. The molecule has 0 saturated carbocycles. The summed E-state index contributed by atoms with van der Waals surface area (Å²) in [6, 6.07) is 27.2. The van der Waals surface area contributed by atoms with Crippen molar-refractivity contribution < 1.29 is 9.53 Å². The van der Waals surface area contributed by atoms with E-state index in [0.717, 1.165) is 21.9 Å². The van der Waals surface area contributed by atoms with E-state index in [1.165, 1.54) is 0 Å². The van der Waals surface area contributed by atoms with Crippen molar-refractivity contribution >= 4 is 28.3 Å². The summed E-state index contributed by atoms with van der Waals surface area (Å²) in [7, 11) is 0. The number of rotatable bonds is 3. The van der Waals surface area contributed by atoms with Crippen LogP contribution in [0.5, 0.6) is 5.75 Å². The van der Waals surface area contributed by atoms with Crippen molar-refractivity contribution in [2.45, 2.75) is 12.6 Å². The van der Waals surface area contributed by atoms with E-state index in [1.807, 2.05) is 54.6 Å². The van der Waals surface area contributed by atoms with Gasteiger partial charge in [-0.3, -0.25) is 9.69 Å². The third-order valence-corrected chi connectivity index (χ3v) is 5.16. The molecule has 3 aromatic carbocycles. The van der Waals surface area contributed by atoms with Gasteiger partial charge in [-0.1, -0.05) is 72.8 Å². The number of ether oxygens (including phenoxy) is 1. The molecule has 142 valence electrons. The molecule has 1 aliphatic heterocycles. The molecule has 5 heteroatoms. The maximum absolute atomic E-state index is 13.5. The molecule has 0 saturated heterocycles. The summed E-state index contributed by atoms with van der Waals surface area (Å²) in [6.07, 6.45) is -0.718. The first kappa shape index (κ1) is 17.3. The van der Waals surface area contributed by atoms with E-state index in [0.29, 0.717) is 23.9 Å². The quantitative estimate of drug-likeness (QED) is 0.568. The van der Waals surface area contributed by atoms with Crippen molar-refractivity contribution in [1.29, 1.82) is 0 Å². The maximum atomic E-state index is 13.5. The molecule has 0 bridgehead atoms. The molecule has 0 radical (unpaired) electrons. The zero-order chi connectivity index (χ0) is 19.8. The highest BCUT2D eigenvalue weighted by Gasteiger charge is 2.36. The van der Waals surface area contributed by atoms with Gasteiger partial charge in [-0.05, 0) is 28.5 Å². The lowest BCUT2D eigenvalue weighted by Crippen LogP contribution is -2.41. The Labute approximate surface area is 168 Å². The van der Waals surface area contributed by atoms with E-state index < -0.39 is 6.10 Å². The van der Waals surface area contributed by atoms with E-state index in [9.17, 15) is 4.79 Å². The lowest BCUT2D eigenvalue weighted by molar-refractivity contribution is -0.126. The van der Waals surface area contributed by atoms with Crippen LogP contribution >= 0.6 is 0 Å². The molecular weight excluding hydrogens is 362 g/mol. The summed E-state index contributed by atoms with van der Waals surface area (Å²) in [5.41, 5.74) is 7.76. The zero-order valence-electron chi connectivity index (χ0n) is 15.7. The van der Waals surface area contributed by atoms with Gasteiger partial charge in [0.25, 0.3) is 5.91 Å². The summed E-state index contributed by atoms with van der Waals surface area (Å²) in [5.74, 6) is 1.19. The van der Waals surface area contributed by atoms with Crippen molar-refractivity contribution in [3.63, 3.8) is 0 Å². The van der Waals surface area contributed by atoms with Gasteiger partial charge in [0.05, 0.1) is 6.54 Å². The van der Waals surface area contributed by atoms with Crippen molar-refractivity contribution in [2.75, 3.05) is 10.6 Å². The Hall–Kier alpha value is -3.86. The molecule has 4 aromatic rings. The van der Waals surface area contributed by atoms with Crippen LogP contribution in [0.4, 0.5) is 11.6 Å². The molecule has 1 unspecified atom stereocenters. The first-order chi connectivity index (χ1) is 14.2. The number of amides is 1. The number of hydrogen-bond acceptors (Lipinski definition) is 4. The third kappa shape index (κ3) is 3.06. The van der Waals surface area contributed by atoms with Crippen LogP contribution in [0.2, 0.25) is 0 Å². The monoisotopic (exact) mass is 381 g/mol. The number of hydrogen-bond donors (Lipinski definition) is 1. The van der Waals surface area contributed by atoms with Gasteiger partial charge in [0.15, 0.2) is 11.6 Å². The fourth-order valence-corrected chi connectivity index (χ4v) is 3.75. The van der Waals surface area contributed by atoms with Gasteiger partial charge in [-0.15, -0.1) is 0 Å². The summed E-state index contributed by atoms with van der Waals surface area (Å²) in [4.78, 5) is 19.5. The molecule has 5 rings (SSSR count). The van der Waals surface area contributed by atoms with Gasteiger partial charge < -0.3 is 10.5 Å². The number of fused-ring (bicyclic) bond motifs is 2. The van der Waals surface area contributed by atoms with Gasteiger partial charge in [-0.25, -0.2) is 4.98 Å². The van der Waals surface area contributed by atoms with Crippen LogP contribution in [-0.4, -0.2) is 10.9 Å². The van der Waals surface area contributed by atoms with Crippen molar-refractivity contribution in [3.05, 3.63) is 96.1 Å². The summed E-state index contributed by atoms with van der Waals surface area (Å²) >= 11 is 0. The van der Waals surface area contributed by atoms with Crippen molar-refractivity contribution in [3.8, 4) is 5.75 Å². The number of carbonyl (C=O) groups excluding carboxylic acids is 1. The van der Waals surface area contributed by atoms with Crippen LogP contribution in [0.1, 0.15) is 17.2 Å². The number of aromatic nitrogens is 1. The predicted octanol–water partition coefficient (Wildman–Crippen LogP) is 4.48. The highest BCUT2D eigenvalue weighted by Crippen LogP contribution is 2.39. The number of carbonyl (C=O) groups is 1. The van der Waals surface area contributed by atoms with E-state index in [4.69, 9.17) is 10.5 Å². The number of nitrogen functional groups attached to an aromatic ring is 1. The van der Waals surface area contributed by atoms with E-state index in [1.54, 1.807) is 17.0 Å². The lowest BCUT2D eigenvalue weighted by atomic mass is 10.0. The van der Waals surface area contributed by atoms with Gasteiger partial charge in [-0.2, -0.15) is 0 Å². The molecule has 5 nitrogen and oxygen atoms in total. The standard InChI is InChI=1S/C24H19N3O2/c25-21-14-13-20-23(26-21)27(24(28)22(29-20)17-8-2-1-3-9-17)15-18-11-6-10-16-7-4-5-12-19(16)18/h1-14,22H,15H2,(H2,25,26). The minimum absolute atomic E-state index is 0.158. The first-order valence-corrected chi connectivity index (χ1v) is 9.47. The van der Waals surface area contributed by atoms with Crippen LogP contribution in [0.15, 0.2) is 84.9 Å². The molecule has 1 atom stereocenters. The van der Waals surface area contributed by atoms with Crippen molar-refractivity contribution in [1.82, 2.24) is 4.98 Å². The van der Waals surface area contributed by atoms with Gasteiger partial charge in [0.2, 0.25) is 6.10 Å². The SMILES string of the molecule is Nc1ccc2c(n1)N(Cc1cccc3ccccc13)C(=O)C(c1ccccc1)O2. The normalized spacial score (nSPS) is 15.8. The fraction of sp³-hybridized carbons (Fsp3) is 0.0833. The van der Waals surface area contributed by atoms with E-state index >= 15 is 0 Å². The topological polar surface area (TPSA) is 68.5 Å². The molecule has 2 heterocycles. The molecule has 0 aliphatic carbocycles. The van der Waals surface area contributed by atoms with Crippen LogP contribution in [0, 0.1) is 0 Å². The number of pyridine rings is 1. The number of nitrogens with zero attached hydrogens (tertiary/aromatic N) is 2. The Balaban J connectivity index is 1.61. The largest absolute Gasteiger partial charge is 0.472 e. The Morgan fingerprint density at radius 3 is 2.52 bits per heavy atom. The molecule has 0 spiro atoms. The molecule has 29 heavy (non-hydrogen) atoms. The van der Waals surface area contributed by atoms with Gasteiger partial charge in [0, 0.05) is 5.56 Å². The molecular formula is C24H19N3O2. The van der Waals surface area contributed by atoms with Crippen LogP contribution in [0.3, 0.4) is 0 Å². The van der Waals surface area contributed by atoms with Crippen LogP contribution < -0.4 is 15.4 Å². The molecule has 1 aromatic heterocycles. The highest BCUT2D eigenvalue weighted by molar-refractivity contribution is 6.00. The maximum Gasteiger partial charge on any atom is 0.274 e. The summed E-state index contributed by atoms with van der Waals surface area (Å²) in [6.45, 7) is 0.385. The second-order valence-electron chi connectivity index (χ2n) is 7.03. The summed E-state index contributed by atoms with van der Waals surface area (Å²) < 4.78 is 6.03. The smallest absolute Gasteiger partial charge is 0.274 e. The average molecular weight is 381 g/mol. The Kier molecular flexibility index (Phi) is 4.13. The van der Waals surface area contributed by atoms with Crippen LogP contribution in [-0.2, 0) is 11.3 Å². The highest BCUT2D eigenvalue weighted by atomic mass is 16.5. The fourth-order valence-electron chi connectivity index (χ4n) is 3.75. The van der Waals surface area contributed by atoms with E-state index in [2.05, 4.69) is 23.2 Å². The molecule has 1 amide bonds. The third-order valence-electron chi connectivity index (χ3n) is 5.16. The van der Waals surface area contributed by atoms with Crippen molar-refractivity contribution in [2.24, 2.45) is 0 Å². The minimum Gasteiger partial charge on any atom is -0.472 e. The number of anilines is 2. The molecule has 0 fully saturated rings. The lowest BCUT2D eigenvalue weighted by Gasteiger charge is -2.34. The first-order valence-electron chi connectivity index (χ1n) is 9.47. The molecule has 2 N–H and O–H groups in total. The molecule has 1 aliphatic rings. The number of benzene rings is 3. The average Bonchev–Trinajstić information content (AvgIpc) is 2.76. The Morgan fingerprint density at radius 2 is 1.66 bits per heavy atom. The number of nitrogens with two attached hydrogens (primary N) is 1. The second-order valence-corrected chi connectivity index (χ2v) is 7.03. The zero-order valence-corrected chi connectivity index (χ0v) is 15.7. The Morgan fingerprint density at radius 1 is 0.897 bits per heavy atom. The van der Waals surface area contributed by atoms with Crippen LogP contribution in [0.25, 0.3) is 10.8 Å². The summed E-state index contributed by atoms with van der Waals surface area (Å²) in [5, 5.41) is 2.24. The van der Waals surface area contributed by atoms with E-state index in [-0.39, 0.29) is 5.91 Å². The minimum atomic E-state index is -0.718. The van der Waals surface area contributed by atoms with Gasteiger partial charge in [0.1, 0.15) is 5.82 Å². The Bertz CT molecular complexity index is 1200. The van der Waals surface area contributed by atoms with Gasteiger partial charge >= 0.3 is 0 Å².